The summed E-state index contributed by atoms with van der Waals surface area (Å²) in [5.41, 5.74) is 4.62. The first-order valence-electron chi connectivity index (χ1n) is 4.99. The van der Waals surface area contributed by atoms with Crippen LogP contribution in [0.5, 0.6) is 0 Å². The van der Waals surface area contributed by atoms with E-state index in [1.165, 1.54) is 0 Å². The van der Waals surface area contributed by atoms with Crippen LogP contribution >= 0.6 is 27.5 Å². The Morgan fingerprint density at radius 3 is 2.94 bits per heavy atom. The van der Waals surface area contributed by atoms with Crippen LogP contribution in [0.15, 0.2) is 39.7 Å². The van der Waals surface area contributed by atoms with Crippen molar-refractivity contribution < 1.29 is 4.42 Å². The molecule has 2 heterocycles. The minimum atomic E-state index is -0.0997. The topological polar surface area (TPSA) is 64.1 Å². The average Bonchev–Trinajstić information content (AvgIpc) is 2.72. The highest BCUT2D eigenvalue weighted by molar-refractivity contribution is 9.10. The molecule has 0 aliphatic rings. The van der Waals surface area contributed by atoms with Crippen LogP contribution in [0.2, 0.25) is 5.22 Å². The molecule has 2 aromatic rings. The van der Waals surface area contributed by atoms with Gasteiger partial charge in [-0.1, -0.05) is 0 Å². The van der Waals surface area contributed by atoms with Gasteiger partial charge in [-0.3, -0.25) is 16.3 Å². The van der Waals surface area contributed by atoms with Gasteiger partial charge in [-0.05, 0) is 51.6 Å². The van der Waals surface area contributed by atoms with Gasteiger partial charge in [0.05, 0.1) is 12.3 Å². The molecule has 3 N–H and O–H groups in total. The molecule has 17 heavy (non-hydrogen) atoms. The van der Waals surface area contributed by atoms with E-state index in [4.69, 9.17) is 21.9 Å². The number of hydrogen-bond acceptors (Lipinski definition) is 4. The maximum atomic E-state index is 5.92. The number of nitrogens with one attached hydrogen (secondary N) is 1. The van der Waals surface area contributed by atoms with Crippen LogP contribution < -0.4 is 11.3 Å². The van der Waals surface area contributed by atoms with Crippen molar-refractivity contribution in [2.45, 2.75) is 12.5 Å². The summed E-state index contributed by atoms with van der Waals surface area (Å²) in [6, 6.07) is 3.70. The number of nitrogens with zero attached hydrogens (tertiary/aromatic N) is 1. The first kappa shape index (κ1) is 12.6. The first-order chi connectivity index (χ1) is 8.20. The minimum absolute atomic E-state index is 0.0997. The number of hydrogen-bond donors (Lipinski definition) is 2. The number of furan rings is 1. The highest BCUT2D eigenvalue weighted by Gasteiger charge is 2.16. The molecule has 0 saturated heterocycles. The Bertz CT molecular complexity index is 503. The van der Waals surface area contributed by atoms with E-state index in [2.05, 4.69) is 26.3 Å². The van der Waals surface area contributed by atoms with Crippen LogP contribution in [-0.4, -0.2) is 4.98 Å². The number of pyridine rings is 1. The Kier molecular flexibility index (Phi) is 4.17. The lowest BCUT2D eigenvalue weighted by Gasteiger charge is -2.14. The van der Waals surface area contributed by atoms with Crippen molar-refractivity contribution in [2.24, 2.45) is 5.84 Å². The Morgan fingerprint density at radius 2 is 2.35 bits per heavy atom. The third-order valence-corrected chi connectivity index (χ3v) is 3.16. The maximum absolute atomic E-state index is 5.92. The second kappa shape index (κ2) is 5.64. The molecule has 0 fully saturated rings. The van der Waals surface area contributed by atoms with Gasteiger partial charge in [0.25, 0.3) is 0 Å². The molecule has 0 aliphatic carbocycles. The standard InChI is InChI=1S/C11H11BrClN3O/c12-8-3-7(5-15-6-8)4-10(16-14)9-1-2-17-11(9)13/h1-3,5-6,10,16H,4,14H2. The second-order valence-corrected chi connectivity index (χ2v) is 4.84. The van der Waals surface area contributed by atoms with Crippen LogP contribution in [0.25, 0.3) is 0 Å². The molecule has 1 unspecified atom stereocenters. The van der Waals surface area contributed by atoms with Crippen molar-refractivity contribution >= 4 is 27.5 Å². The average molecular weight is 317 g/mol. The molecule has 4 nitrogen and oxygen atoms in total. The summed E-state index contributed by atoms with van der Waals surface area (Å²) in [4.78, 5) is 4.10. The first-order valence-corrected chi connectivity index (χ1v) is 6.16. The fraction of sp³-hybridized carbons (Fsp3) is 0.182. The van der Waals surface area contributed by atoms with E-state index in [0.717, 1.165) is 15.6 Å². The summed E-state index contributed by atoms with van der Waals surface area (Å²) in [6.07, 6.45) is 5.76. The Morgan fingerprint density at radius 1 is 1.53 bits per heavy atom. The third kappa shape index (κ3) is 3.07. The minimum Gasteiger partial charge on any atom is -0.453 e. The summed E-state index contributed by atoms with van der Waals surface area (Å²) in [7, 11) is 0. The summed E-state index contributed by atoms with van der Waals surface area (Å²) in [6.45, 7) is 0. The quantitative estimate of drug-likeness (QED) is 0.672. The largest absolute Gasteiger partial charge is 0.453 e. The third-order valence-electron chi connectivity index (χ3n) is 2.42. The van der Waals surface area contributed by atoms with Crippen LogP contribution in [0.1, 0.15) is 17.2 Å². The molecular formula is C11H11BrClN3O. The van der Waals surface area contributed by atoms with Gasteiger partial charge in [-0.25, -0.2) is 0 Å². The monoisotopic (exact) mass is 315 g/mol. The lowest BCUT2D eigenvalue weighted by atomic mass is 10.0. The van der Waals surface area contributed by atoms with Crippen LogP contribution in [0.3, 0.4) is 0 Å². The van der Waals surface area contributed by atoms with Crippen molar-refractivity contribution in [3.8, 4) is 0 Å². The number of nitrogens with two attached hydrogens (primary N) is 1. The maximum Gasteiger partial charge on any atom is 0.197 e. The smallest absolute Gasteiger partial charge is 0.197 e. The molecule has 2 aromatic heterocycles. The second-order valence-electron chi connectivity index (χ2n) is 3.58. The Hall–Kier alpha value is -0.880. The van der Waals surface area contributed by atoms with Gasteiger partial charge >= 0.3 is 0 Å². The Balaban J connectivity index is 2.19. The molecule has 0 bridgehead atoms. The van der Waals surface area contributed by atoms with Crippen molar-refractivity contribution in [1.82, 2.24) is 10.4 Å². The van der Waals surface area contributed by atoms with Gasteiger partial charge in [-0.2, -0.15) is 0 Å². The lowest BCUT2D eigenvalue weighted by molar-refractivity contribution is 0.526. The Labute approximate surface area is 112 Å². The molecule has 6 heteroatoms. The van der Waals surface area contributed by atoms with E-state index < -0.39 is 0 Å². The predicted molar refractivity (Wildman–Crippen MR) is 69.4 cm³/mol. The van der Waals surface area contributed by atoms with Crippen molar-refractivity contribution in [2.75, 3.05) is 0 Å². The molecular weight excluding hydrogens is 305 g/mol. The van der Waals surface area contributed by atoms with Gasteiger partial charge in [-0.15, -0.1) is 0 Å². The van der Waals surface area contributed by atoms with E-state index in [0.29, 0.717) is 11.6 Å². The van der Waals surface area contributed by atoms with Gasteiger partial charge in [0.1, 0.15) is 0 Å². The van der Waals surface area contributed by atoms with E-state index in [-0.39, 0.29) is 6.04 Å². The van der Waals surface area contributed by atoms with Crippen molar-refractivity contribution in [3.05, 3.63) is 51.6 Å². The van der Waals surface area contributed by atoms with Crippen LogP contribution in [-0.2, 0) is 6.42 Å². The number of hydrazine groups is 1. The van der Waals surface area contributed by atoms with E-state index in [1.807, 2.05) is 6.07 Å². The lowest BCUT2D eigenvalue weighted by Crippen LogP contribution is -2.29. The molecule has 90 valence electrons. The van der Waals surface area contributed by atoms with Crippen LogP contribution in [0, 0.1) is 0 Å². The highest BCUT2D eigenvalue weighted by Crippen LogP contribution is 2.26. The highest BCUT2D eigenvalue weighted by atomic mass is 79.9. The molecule has 1 atom stereocenters. The molecule has 0 radical (unpaired) electrons. The SMILES string of the molecule is NNC(Cc1cncc(Br)c1)c1ccoc1Cl. The number of rotatable bonds is 4. The zero-order valence-corrected chi connectivity index (χ0v) is 11.2. The molecule has 0 aliphatic heterocycles. The number of halogens is 2. The number of aromatic nitrogens is 1. The van der Waals surface area contributed by atoms with Gasteiger partial charge in [0, 0.05) is 22.4 Å². The molecule has 0 amide bonds. The van der Waals surface area contributed by atoms with Crippen molar-refractivity contribution in [1.29, 1.82) is 0 Å². The van der Waals surface area contributed by atoms with Gasteiger partial charge in [0.2, 0.25) is 0 Å². The zero-order valence-electron chi connectivity index (χ0n) is 8.86. The van der Waals surface area contributed by atoms with Crippen LogP contribution in [0.4, 0.5) is 0 Å². The van der Waals surface area contributed by atoms with E-state index >= 15 is 0 Å². The summed E-state index contributed by atoms with van der Waals surface area (Å²) in [5.74, 6) is 5.54. The zero-order chi connectivity index (χ0) is 12.3. The summed E-state index contributed by atoms with van der Waals surface area (Å²) >= 11 is 9.30. The van der Waals surface area contributed by atoms with Gasteiger partial charge in [0.15, 0.2) is 5.22 Å². The summed E-state index contributed by atoms with van der Waals surface area (Å²) < 4.78 is 5.99. The van der Waals surface area contributed by atoms with E-state index in [9.17, 15) is 0 Å². The molecule has 0 spiro atoms. The fourth-order valence-electron chi connectivity index (χ4n) is 1.62. The van der Waals surface area contributed by atoms with E-state index in [1.54, 1.807) is 24.7 Å². The van der Waals surface area contributed by atoms with Crippen molar-refractivity contribution in [3.63, 3.8) is 0 Å². The normalized spacial score (nSPS) is 12.6. The molecule has 0 saturated carbocycles. The summed E-state index contributed by atoms with van der Waals surface area (Å²) in [5, 5.41) is 0.357. The van der Waals surface area contributed by atoms with Gasteiger partial charge < -0.3 is 4.42 Å². The predicted octanol–water partition coefficient (Wildman–Crippen LogP) is 2.84. The molecule has 2 rings (SSSR count). The fourth-order valence-corrected chi connectivity index (χ4v) is 2.27. The molecule has 0 aromatic carbocycles.